The predicted octanol–water partition coefficient (Wildman–Crippen LogP) is 2.05. The second-order valence-electron chi connectivity index (χ2n) is 5.30. The van der Waals surface area contributed by atoms with Gasteiger partial charge in [0.25, 0.3) is 0 Å². The molecule has 0 aromatic carbocycles. The maximum absolute atomic E-state index is 10.7. The van der Waals surface area contributed by atoms with Crippen molar-refractivity contribution in [2.24, 2.45) is 11.8 Å². The van der Waals surface area contributed by atoms with Crippen molar-refractivity contribution in [2.75, 3.05) is 18.0 Å². The van der Waals surface area contributed by atoms with Crippen LogP contribution in [0.25, 0.3) is 0 Å². The SMILES string of the molecule is CC(C)CC1CCN(c2cnc(C(=O)O)cn2)C1. The Morgan fingerprint density at radius 2 is 2.28 bits per heavy atom. The van der Waals surface area contributed by atoms with Crippen molar-refractivity contribution in [3.05, 3.63) is 18.1 Å². The third-order valence-corrected chi connectivity index (χ3v) is 3.27. The van der Waals surface area contributed by atoms with E-state index in [1.165, 1.54) is 19.0 Å². The molecule has 1 fully saturated rings. The minimum atomic E-state index is -1.03. The molecule has 0 spiro atoms. The molecule has 0 saturated carbocycles. The number of carboxylic acid groups (broad SMARTS) is 1. The Bertz CT molecular complexity index is 417. The highest BCUT2D eigenvalue weighted by Crippen LogP contribution is 2.26. The van der Waals surface area contributed by atoms with Gasteiger partial charge in [-0.05, 0) is 24.7 Å². The molecule has 2 rings (SSSR count). The zero-order valence-corrected chi connectivity index (χ0v) is 10.8. The Labute approximate surface area is 107 Å². The number of aromatic nitrogens is 2. The van der Waals surface area contributed by atoms with Crippen LogP contribution in [0.1, 0.15) is 37.2 Å². The van der Waals surface area contributed by atoms with Gasteiger partial charge in [-0.3, -0.25) is 0 Å². The summed E-state index contributed by atoms with van der Waals surface area (Å²) in [5.41, 5.74) is -0.00308. The van der Waals surface area contributed by atoms with Gasteiger partial charge in [-0.2, -0.15) is 0 Å². The first-order valence-corrected chi connectivity index (χ1v) is 6.36. The summed E-state index contributed by atoms with van der Waals surface area (Å²) in [7, 11) is 0. The Morgan fingerprint density at radius 3 is 2.83 bits per heavy atom. The summed E-state index contributed by atoms with van der Waals surface area (Å²) in [5, 5.41) is 8.77. The third kappa shape index (κ3) is 2.97. The normalized spacial score (nSPS) is 19.5. The molecular weight excluding hydrogens is 230 g/mol. The van der Waals surface area contributed by atoms with Crippen molar-refractivity contribution in [3.8, 4) is 0 Å². The average molecular weight is 249 g/mol. The van der Waals surface area contributed by atoms with Gasteiger partial charge >= 0.3 is 5.97 Å². The second kappa shape index (κ2) is 5.33. The van der Waals surface area contributed by atoms with Crippen LogP contribution in [0.5, 0.6) is 0 Å². The quantitative estimate of drug-likeness (QED) is 0.884. The van der Waals surface area contributed by atoms with Crippen LogP contribution in [-0.2, 0) is 0 Å². The minimum Gasteiger partial charge on any atom is -0.476 e. The van der Waals surface area contributed by atoms with E-state index in [0.717, 1.165) is 24.8 Å². The molecule has 1 aromatic rings. The van der Waals surface area contributed by atoms with Crippen LogP contribution in [-0.4, -0.2) is 34.1 Å². The van der Waals surface area contributed by atoms with Crippen LogP contribution in [0.2, 0.25) is 0 Å². The number of carbonyl (C=O) groups is 1. The zero-order chi connectivity index (χ0) is 13.1. The number of aromatic carboxylic acids is 1. The molecule has 5 heteroatoms. The van der Waals surface area contributed by atoms with Gasteiger partial charge in [0.2, 0.25) is 0 Å². The van der Waals surface area contributed by atoms with Gasteiger partial charge in [0.1, 0.15) is 5.82 Å². The topological polar surface area (TPSA) is 66.3 Å². The van der Waals surface area contributed by atoms with Crippen LogP contribution < -0.4 is 4.90 Å². The average Bonchev–Trinajstić information content (AvgIpc) is 2.76. The largest absolute Gasteiger partial charge is 0.476 e. The first-order chi connectivity index (χ1) is 8.56. The standard InChI is InChI=1S/C13H19N3O2/c1-9(2)5-10-3-4-16(8-10)12-7-14-11(6-15-12)13(17)18/h6-7,9-10H,3-5,8H2,1-2H3,(H,17,18). The Kier molecular flexibility index (Phi) is 3.79. The number of nitrogens with zero attached hydrogens (tertiary/aromatic N) is 3. The fourth-order valence-electron chi connectivity index (χ4n) is 2.49. The highest BCUT2D eigenvalue weighted by molar-refractivity contribution is 5.84. The van der Waals surface area contributed by atoms with E-state index in [2.05, 4.69) is 28.7 Å². The van der Waals surface area contributed by atoms with E-state index in [1.807, 2.05) is 0 Å². The summed E-state index contributed by atoms with van der Waals surface area (Å²) < 4.78 is 0. The maximum Gasteiger partial charge on any atom is 0.356 e. The Morgan fingerprint density at radius 1 is 1.50 bits per heavy atom. The number of hydrogen-bond acceptors (Lipinski definition) is 4. The van der Waals surface area contributed by atoms with Crippen LogP contribution >= 0.6 is 0 Å². The summed E-state index contributed by atoms with van der Waals surface area (Å²) in [5.74, 6) is 1.18. The first kappa shape index (κ1) is 12.8. The number of carboxylic acids is 1. The molecule has 0 radical (unpaired) electrons. The smallest absolute Gasteiger partial charge is 0.356 e. The molecule has 98 valence electrons. The molecule has 0 amide bonds. The lowest BCUT2D eigenvalue weighted by Crippen LogP contribution is -2.21. The molecule has 2 heterocycles. The lowest BCUT2D eigenvalue weighted by molar-refractivity contribution is 0.0690. The fourth-order valence-corrected chi connectivity index (χ4v) is 2.49. The lowest BCUT2D eigenvalue weighted by Gasteiger charge is -2.17. The highest BCUT2D eigenvalue weighted by Gasteiger charge is 2.24. The van der Waals surface area contributed by atoms with Crippen LogP contribution in [0.4, 0.5) is 5.82 Å². The third-order valence-electron chi connectivity index (χ3n) is 3.27. The van der Waals surface area contributed by atoms with Crippen molar-refractivity contribution < 1.29 is 9.90 Å². The van der Waals surface area contributed by atoms with Crippen molar-refractivity contribution >= 4 is 11.8 Å². The highest BCUT2D eigenvalue weighted by atomic mass is 16.4. The molecule has 0 aliphatic carbocycles. The van der Waals surface area contributed by atoms with Gasteiger partial charge in [-0.1, -0.05) is 13.8 Å². The molecule has 1 aliphatic heterocycles. The van der Waals surface area contributed by atoms with Crippen LogP contribution in [0.15, 0.2) is 12.4 Å². The molecule has 1 unspecified atom stereocenters. The number of hydrogen-bond donors (Lipinski definition) is 1. The molecule has 1 saturated heterocycles. The van der Waals surface area contributed by atoms with E-state index < -0.39 is 5.97 Å². The van der Waals surface area contributed by atoms with E-state index in [4.69, 9.17) is 5.11 Å². The van der Waals surface area contributed by atoms with Crippen molar-refractivity contribution in [1.29, 1.82) is 0 Å². The molecule has 18 heavy (non-hydrogen) atoms. The second-order valence-corrected chi connectivity index (χ2v) is 5.30. The monoisotopic (exact) mass is 249 g/mol. The van der Waals surface area contributed by atoms with E-state index in [9.17, 15) is 4.79 Å². The van der Waals surface area contributed by atoms with E-state index in [-0.39, 0.29) is 5.69 Å². The maximum atomic E-state index is 10.7. The summed E-state index contributed by atoms with van der Waals surface area (Å²) in [6.07, 6.45) is 5.30. The van der Waals surface area contributed by atoms with E-state index in [0.29, 0.717) is 5.92 Å². The van der Waals surface area contributed by atoms with Gasteiger partial charge in [0, 0.05) is 13.1 Å². The fraction of sp³-hybridized carbons (Fsp3) is 0.615. The number of rotatable bonds is 4. The molecule has 1 N–H and O–H groups in total. The molecule has 0 bridgehead atoms. The van der Waals surface area contributed by atoms with E-state index in [1.54, 1.807) is 6.20 Å². The summed E-state index contributed by atoms with van der Waals surface area (Å²) in [6.45, 7) is 6.46. The minimum absolute atomic E-state index is 0.00308. The molecule has 5 nitrogen and oxygen atoms in total. The first-order valence-electron chi connectivity index (χ1n) is 6.36. The van der Waals surface area contributed by atoms with Gasteiger partial charge < -0.3 is 10.0 Å². The van der Waals surface area contributed by atoms with Gasteiger partial charge in [0.15, 0.2) is 5.69 Å². The van der Waals surface area contributed by atoms with Gasteiger partial charge in [-0.25, -0.2) is 14.8 Å². The Balaban J connectivity index is 1.99. The van der Waals surface area contributed by atoms with Crippen molar-refractivity contribution in [3.63, 3.8) is 0 Å². The summed E-state index contributed by atoms with van der Waals surface area (Å²) >= 11 is 0. The molecular formula is C13H19N3O2. The van der Waals surface area contributed by atoms with Gasteiger partial charge in [0.05, 0.1) is 12.4 Å². The Hall–Kier alpha value is -1.65. The van der Waals surface area contributed by atoms with Crippen LogP contribution in [0.3, 0.4) is 0 Å². The van der Waals surface area contributed by atoms with Crippen molar-refractivity contribution in [2.45, 2.75) is 26.7 Å². The lowest BCUT2D eigenvalue weighted by atomic mass is 9.97. The predicted molar refractivity (Wildman–Crippen MR) is 68.8 cm³/mol. The summed E-state index contributed by atoms with van der Waals surface area (Å²) in [6, 6.07) is 0. The van der Waals surface area contributed by atoms with Crippen molar-refractivity contribution in [1.82, 2.24) is 9.97 Å². The number of anilines is 1. The van der Waals surface area contributed by atoms with Crippen LogP contribution in [0, 0.1) is 11.8 Å². The molecule has 1 aromatic heterocycles. The molecule has 1 aliphatic rings. The molecule has 1 atom stereocenters. The van der Waals surface area contributed by atoms with E-state index >= 15 is 0 Å². The zero-order valence-electron chi connectivity index (χ0n) is 10.8. The van der Waals surface area contributed by atoms with Gasteiger partial charge in [-0.15, -0.1) is 0 Å². The summed E-state index contributed by atoms with van der Waals surface area (Å²) in [4.78, 5) is 21.0.